The lowest BCUT2D eigenvalue weighted by atomic mass is 10.3. The topological polar surface area (TPSA) is 94.4 Å². The van der Waals surface area contributed by atoms with Gasteiger partial charge in [0.25, 0.3) is 0 Å². The third-order valence-electron chi connectivity index (χ3n) is 1.71. The van der Waals surface area contributed by atoms with Crippen molar-refractivity contribution in [3.63, 3.8) is 0 Å². The number of amides is 1. The molecule has 0 atom stereocenters. The number of para-hydroxylation sites is 1. The van der Waals surface area contributed by atoms with E-state index in [1.54, 1.807) is 0 Å². The molecule has 7 heteroatoms. The molecule has 2 rings (SSSR count). The second-order valence-corrected chi connectivity index (χ2v) is 3.86. The van der Waals surface area contributed by atoms with Crippen molar-refractivity contribution in [2.75, 3.05) is 0 Å². The lowest BCUT2D eigenvalue weighted by molar-refractivity contribution is 0.100. The first-order chi connectivity index (χ1) is 7.16. The summed E-state index contributed by atoms with van der Waals surface area (Å²) in [6, 6.07) is 7.46. The normalized spacial score (nSPS) is 9.50. The van der Waals surface area contributed by atoms with Gasteiger partial charge in [0.05, 0.1) is 10.2 Å². The molecule has 0 radical (unpaired) electrons. The summed E-state index contributed by atoms with van der Waals surface area (Å²) in [4.78, 5) is 19.0. The van der Waals surface area contributed by atoms with Crippen molar-refractivity contribution in [1.29, 1.82) is 0 Å². The molecule has 0 fully saturated rings. The Balaban J connectivity index is 0.00000128. The first-order valence-corrected chi connectivity index (χ1v) is 4.98. The zero-order valence-corrected chi connectivity index (χ0v) is 9.72. The van der Waals surface area contributed by atoms with Crippen molar-refractivity contribution in [3.05, 3.63) is 29.3 Å². The minimum absolute atomic E-state index is 0. The summed E-state index contributed by atoms with van der Waals surface area (Å²) in [5, 5.41) is 0.296. The molecule has 1 aromatic heterocycles. The van der Waals surface area contributed by atoms with E-state index in [-0.39, 0.29) is 18.4 Å². The number of carbonyl (C=O) groups excluding carboxylic acids is 1. The summed E-state index contributed by atoms with van der Waals surface area (Å²) >= 11 is 1.27. The van der Waals surface area contributed by atoms with Crippen molar-refractivity contribution in [3.8, 4) is 0 Å². The monoisotopic (exact) mass is 256 g/mol. The minimum atomic E-state index is -0.504. The van der Waals surface area contributed by atoms with Crippen LogP contribution >= 0.6 is 23.7 Å². The fourth-order valence-electron chi connectivity index (χ4n) is 1.13. The predicted octanol–water partition coefficient (Wildman–Crippen LogP) is 1.13. The summed E-state index contributed by atoms with van der Waals surface area (Å²) in [7, 11) is 0. The van der Waals surface area contributed by atoms with Crippen LogP contribution < -0.4 is 11.5 Å². The van der Waals surface area contributed by atoms with Crippen LogP contribution in [0.4, 0.5) is 0 Å². The van der Waals surface area contributed by atoms with Crippen molar-refractivity contribution >= 4 is 45.8 Å². The molecule has 0 bridgehead atoms. The van der Waals surface area contributed by atoms with E-state index in [1.807, 2.05) is 24.3 Å². The van der Waals surface area contributed by atoms with Gasteiger partial charge in [-0.25, -0.2) is 4.98 Å². The number of benzene rings is 1. The van der Waals surface area contributed by atoms with E-state index in [0.717, 1.165) is 10.2 Å². The molecule has 1 amide bonds. The maximum atomic E-state index is 11.4. The van der Waals surface area contributed by atoms with Gasteiger partial charge < -0.3 is 11.5 Å². The van der Waals surface area contributed by atoms with E-state index < -0.39 is 5.91 Å². The molecule has 0 spiro atoms. The average molecular weight is 257 g/mol. The number of halogens is 1. The highest BCUT2D eigenvalue weighted by Gasteiger charge is 2.10. The van der Waals surface area contributed by atoms with Crippen LogP contribution in [0, 0.1) is 0 Å². The standard InChI is InChI=1S/C9H8N4OS.ClH/c10-9(11)13-7(14)8-12-5-3-1-2-4-6(5)15-8;/h1-4H,(H4,10,11,13,14);1H. The second kappa shape index (κ2) is 4.91. The molecule has 1 heterocycles. The van der Waals surface area contributed by atoms with Crippen molar-refractivity contribution in [2.24, 2.45) is 16.5 Å². The Bertz CT molecular complexity index is 514. The van der Waals surface area contributed by atoms with Crippen molar-refractivity contribution in [1.82, 2.24) is 4.98 Å². The van der Waals surface area contributed by atoms with E-state index in [9.17, 15) is 4.79 Å². The maximum Gasteiger partial charge on any atom is 0.309 e. The van der Waals surface area contributed by atoms with Gasteiger partial charge in [-0.15, -0.1) is 23.7 Å². The highest BCUT2D eigenvalue weighted by molar-refractivity contribution is 7.20. The fourth-order valence-corrected chi connectivity index (χ4v) is 1.98. The van der Waals surface area contributed by atoms with Crippen LogP contribution in [0.1, 0.15) is 9.80 Å². The molecule has 84 valence electrons. The zero-order valence-electron chi connectivity index (χ0n) is 8.08. The van der Waals surface area contributed by atoms with Crippen molar-refractivity contribution < 1.29 is 4.79 Å². The Hall–Kier alpha value is -1.66. The first kappa shape index (κ1) is 12.4. The number of thiazole rings is 1. The number of aliphatic imine (C=N–C) groups is 1. The molecule has 0 aliphatic heterocycles. The maximum absolute atomic E-state index is 11.4. The number of aromatic nitrogens is 1. The summed E-state index contributed by atoms with van der Waals surface area (Å²) in [5.74, 6) is -0.754. The molecule has 16 heavy (non-hydrogen) atoms. The van der Waals surface area contributed by atoms with Crippen LogP contribution in [0.3, 0.4) is 0 Å². The van der Waals surface area contributed by atoms with Crippen LogP contribution in [-0.4, -0.2) is 16.9 Å². The van der Waals surface area contributed by atoms with Gasteiger partial charge in [-0.05, 0) is 12.1 Å². The van der Waals surface area contributed by atoms with Gasteiger partial charge in [0.15, 0.2) is 11.0 Å². The molecular weight excluding hydrogens is 248 g/mol. The van der Waals surface area contributed by atoms with Gasteiger partial charge in [-0.2, -0.15) is 4.99 Å². The van der Waals surface area contributed by atoms with Gasteiger partial charge in [0.1, 0.15) is 0 Å². The molecule has 0 saturated carbocycles. The number of rotatable bonds is 1. The summed E-state index contributed by atoms with van der Waals surface area (Å²) < 4.78 is 0.937. The SMILES string of the molecule is Cl.NC(N)=NC(=O)c1nc2ccccc2s1. The fraction of sp³-hybridized carbons (Fsp3) is 0. The molecular formula is C9H9ClN4OS. The molecule has 0 unspecified atom stereocenters. The molecule has 0 aliphatic carbocycles. The van der Waals surface area contributed by atoms with E-state index in [0.29, 0.717) is 5.01 Å². The van der Waals surface area contributed by atoms with Gasteiger partial charge in [-0.3, -0.25) is 4.79 Å². The summed E-state index contributed by atoms with van der Waals surface area (Å²) in [6.07, 6.45) is 0. The van der Waals surface area contributed by atoms with Crippen LogP contribution in [-0.2, 0) is 0 Å². The number of nitrogens with zero attached hydrogens (tertiary/aromatic N) is 2. The number of fused-ring (bicyclic) bond motifs is 1. The van der Waals surface area contributed by atoms with Gasteiger partial charge in [0, 0.05) is 0 Å². The smallest absolute Gasteiger partial charge is 0.309 e. The Morgan fingerprint density at radius 1 is 1.31 bits per heavy atom. The zero-order chi connectivity index (χ0) is 10.8. The number of hydrogen-bond acceptors (Lipinski definition) is 3. The molecule has 2 aromatic rings. The molecule has 1 aromatic carbocycles. The second-order valence-electron chi connectivity index (χ2n) is 2.83. The Kier molecular flexibility index (Phi) is 3.81. The largest absolute Gasteiger partial charge is 0.370 e. The average Bonchev–Trinajstić information content (AvgIpc) is 2.59. The number of nitrogens with two attached hydrogens (primary N) is 2. The van der Waals surface area contributed by atoms with Crippen LogP contribution in [0.2, 0.25) is 0 Å². The highest BCUT2D eigenvalue weighted by Crippen LogP contribution is 2.21. The molecule has 0 aliphatic rings. The summed E-state index contributed by atoms with van der Waals surface area (Å²) in [6.45, 7) is 0. The van der Waals surface area contributed by atoms with E-state index in [1.165, 1.54) is 11.3 Å². The van der Waals surface area contributed by atoms with Gasteiger partial charge >= 0.3 is 5.91 Å². The lowest BCUT2D eigenvalue weighted by Crippen LogP contribution is -2.24. The predicted molar refractivity (Wildman–Crippen MR) is 67.0 cm³/mol. The van der Waals surface area contributed by atoms with E-state index in [4.69, 9.17) is 11.5 Å². The quantitative estimate of drug-likeness (QED) is 0.591. The third-order valence-corrected chi connectivity index (χ3v) is 2.73. The van der Waals surface area contributed by atoms with Crippen LogP contribution in [0.5, 0.6) is 0 Å². The first-order valence-electron chi connectivity index (χ1n) is 4.16. The Morgan fingerprint density at radius 3 is 2.62 bits per heavy atom. The Morgan fingerprint density at radius 2 is 2.00 bits per heavy atom. The third kappa shape index (κ3) is 2.47. The number of guanidine groups is 1. The Labute approximate surface area is 102 Å². The van der Waals surface area contributed by atoms with Crippen LogP contribution in [0.25, 0.3) is 10.2 Å². The van der Waals surface area contributed by atoms with Crippen LogP contribution in [0.15, 0.2) is 29.3 Å². The van der Waals surface area contributed by atoms with E-state index in [2.05, 4.69) is 9.98 Å². The van der Waals surface area contributed by atoms with Crippen molar-refractivity contribution in [2.45, 2.75) is 0 Å². The molecule has 5 nitrogen and oxygen atoms in total. The summed E-state index contributed by atoms with van der Waals surface area (Å²) in [5.41, 5.74) is 11.0. The molecule has 4 N–H and O–H groups in total. The van der Waals surface area contributed by atoms with Gasteiger partial charge in [0.2, 0.25) is 0 Å². The van der Waals surface area contributed by atoms with Gasteiger partial charge in [-0.1, -0.05) is 12.1 Å². The molecule has 0 saturated heterocycles. The minimum Gasteiger partial charge on any atom is -0.370 e. The number of hydrogen-bond donors (Lipinski definition) is 2. The number of carbonyl (C=O) groups is 1. The van der Waals surface area contributed by atoms with E-state index >= 15 is 0 Å². The highest BCUT2D eigenvalue weighted by atomic mass is 35.5. The lowest BCUT2D eigenvalue weighted by Gasteiger charge is -1.87.